The lowest BCUT2D eigenvalue weighted by atomic mass is 10.1. The van der Waals surface area contributed by atoms with Crippen LogP contribution in [-0.2, 0) is 0 Å². The Hall–Kier alpha value is -3.72. The molecule has 3 aromatic rings. The number of nitrogens with zero attached hydrogens (tertiary/aromatic N) is 3. The highest BCUT2D eigenvalue weighted by Crippen LogP contribution is 2.35. The maximum Gasteiger partial charge on any atom is 0.256 e. The number of halogens is 1. The summed E-state index contributed by atoms with van der Waals surface area (Å²) in [4.78, 5) is 24.4. The van der Waals surface area contributed by atoms with Gasteiger partial charge in [0, 0.05) is 30.0 Å². The van der Waals surface area contributed by atoms with E-state index in [4.69, 9.17) is 9.47 Å². The zero-order valence-corrected chi connectivity index (χ0v) is 18.9. The van der Waals surface area contributed by atoms with Gasteiger partial charge in [0.2, 0.25) is 6.79 Å². The van der Waals surface area contributed by atoms with Crippen molar-refractivity contribution in [3.63, 3.8) is 0 Å². The lowest BCUT2D eigenvalue weighted by molar-refractivity contribution is 0.0950. The van der Waals surface area contributed by atoms with E-state index in [-0.39, 0.29) is 18.5 Å². The van der Waals surface area contributed by atoms with Crippen molar-refractivity contribution in [1.82, 2.24) is 20.2 Å². The first-order chi connectivity index (χ1) is 16.6. The Labute approximate surface area is 197 Å². The number of hydrogen-bond donors (Lipinski definition) is 2. The van der Waals surface area contributed by atoms with Gasteiger partial charge in [0.05, 0.1) is 0 Å². The van der Waals surface area contributed by atoms with E-state index in [0.29, 0.717) is 47.0 Å². The van der Waals surface area contributed by atoms with E-state index in [1.165, 1.54) is 24.8 Å². The zero-order valence-electron chi connectivity index (χ0n) is 18.9. The SMILES string of the molecule is CN1CCCC1CCNC(=O)c1cnc(-c2ccc3c(c2)OCO3)nc1Nc1ccc(F)cc1. The van der Waals surface area contributed by atoms with Crippen LogP contribution >= 0.6 is 0 Å². The van der Waals surface area contributed by atoms with Crippen LogP contribution < -0.4 is 20.1 Å². The van der Waals surface area contributed by atoms with Crippen LogP contribution in [0.5, 0.6) is 11.5 Å². The smallest absolute Gasteiger partial charge is 0.256 e. The summed E-state index contributed by atoms with van der Waals surface area (Å²) >= 11 is 0. The molecule has 1 unspecified atom stereocenters. The van der Waals surface area contributed by atoms with Crippen molar-refractivity contribution in [2.24, 2.45) is 0 Å². The van der Waals surface area contributed by atoms with Crippen molar-refractivity contribution in [2.75, 3.05) is 32.2 Å². The monoisotopic (exact) mass is 463 g/mol. The molecule has 1 fully saturated rings. The van der Waals surface area contributed by atoms with Gasteiger partial charge in [-0.2, -0.15) is 0 Å². The number of anilines is 2. The highest BCUT2D eigenvalue weighted by Gasteiger charge is 2.22. The summed E-state index contributed by atoms with van der Waals surface area (Å²) in [7, 11) is 2.12. The maximum atomic E-state index is 13.4. The molecule has 2 N–H and O–H groups in total. The predicted molar refractivity (Wildman–Crippen MR) is 126 cm³/mol. The Morgan fingerprint density at radius 3 is 2.79 bits per heavy atom. The molecule has 176 valence electrons. The second kappa shape index (κ2) is 9.64. The van der Waals surface area contributed by atoms with Crippen molar-refractivity contribution >= 4 is 17.4 Å². The molecular formula is C25H26FN5O3. The highest BCUT2D eigenvalue weighted by atomic mass is 19.1. The van der Waals surface area contributed by atoms with E-state index in [1.54, 1.807) is 24.3 Å². The zero-order chi connectivity index (χ0) is 23.5. The van der Waals surface area contributed by atoms with E-state index in [1.807, 2.05) is 6.07 Å². The minimum Gasteiger partial charge on any atom is -0.454 e. The number of aromatic nitrogens is 2. The summed E-state index contributed by atoms with van der Waals surface area (Å²) in [5.41, 5.74) is 1.65. The van der Waals surface area contributed by atoms with E-state index in [0.717, 1.165) is 24.9 Å². The molecule has 2 aliphatic heterocycles. The van der Waals surface area contributed by atoms with Crippen LogP contribution in [0.2, 0.25) is 0 Å². The van der Waals surface area contributed by atoms with E-state index in [9.17, 15) is 9.18 Å². The Bertz CT molecular complexity index is 1190. The summed E-state index contributed by atoms with van der Waals surface area (Å²) in [6.45, 7) is 1.83. The van der Waals surface area contributed by atoms with Gasteiger partial charge in [-0.1, -0.05) is 0 Å². The number of likely N-dealkylation sites (tertiary alicyclic amines) is 1. The molecule has 0 aliphatic carbocycles. The minimum atomic E-state index is -0.343. The van der Waals surface area contributed by atoms with Crippen molar-refractivity contribution in [3.05, 3.63) is 60.0 Å². The predicted octanol–water partition coefficient (Wildman–Crippen LogP) is 3.97. The molecule has 2 aliphatic rings. The average Bonchev–Trinajstić information content (AvgIpc) is 3.48. The van der Waals surface area contributed by atoms with Gasteiger partial charge in [0.1, 0.15) is 17.2 Å². The molecule has 34 heavy (non-hydrogen) atoms. The second-order valence-corrected chi connectivity index (χ2v) is 8.48. The molecule has 1 amide bonds. The average molecular weight is 464 g/mol. The number of benzene rings is 2. The third-order valence-electron chi connectivity index (χ3n) is 6.21. The van der Waals surface area contributed by atoms with Crippen molar-refractivity contribution < 1.29 is 18.7 Å². The quantitative estimate of drug-likeness (QED) is 0.548. The largest absolute Gasteiger partial charge is 0.454 e. The number of carbonyl (C=O) groups is 1. The van der Waals surface area contributed by atoms with Gasteiger partial charge in [-0.05, 0) is 75.3 Å². The lowest BCUT2D eigenvalue weighted by Gasteiger charge is -2.19. The second-order valence-electron chi connectivity index (χ2n) is 8.48. The molecule has 1 saturated heterocycles. The Kier molecular flexibility index (Phi) is 6.27. The van der Waals surface area contributed by atoms with Crippen LogP contribution in [0.4, 0.5) is 15.9 Å². The number of hydrogen-bond acceptors (Lipinski definition) is 7. The number of nitrogens with one attached hydrogen (secondary N) is 2. The van der Waals surface area contributed by atoms with E-state index >= 15 is 0 Å². The number of fused-ring (bicyclic) bond motifs is 1. The highest BCUT2D eigenvalue weighted by molar-refractivity contribution is 5.99. The van der Waals surface area contributed by atoms with Crippen LogP contribution in [0.1, 0.15) is 29.6 Å². The standard InChI is InChI=1S/C25H26FN5O3/c1-31-12-2-3-19(31)10-11-27-25(32)20-14-28-23(16-4-9-21-22(13-16)34-15-33-21)30-24(20)29-18-7-5-17(26)6-8-18/h4-9,13-14,19H,2-3,10-12,15H2,1H3,(H,27,32)(H,28,29,30). The number of amides is 1. The topological polar surface area (TPSA) is 88.6 Å². The molecule has 3 heterocycles. The Morgan fingerprint density at radius 2 is 2.00 bits per heavy atom. The van der Waals surface area contributed by atoms with Gasteiger partial charge in [0.15, 0.2) is 17.3 Å². The van der Waals surface area contributed by atoms with Crippen LogP contribution in [0.25, 0.3) is 11.4 Å². The molecule has 1 aromatic heterocycles. The third kappa shape index (κ3) is 4.79. The first-order valence-electron chi connectivity index (χ1n) is 11.3. The minimum absolute atomic E-state index is 0.173. The van der Waals surface area contributed by atoms with Gasteiger partial charge in [-0.15, -0.1) is 0 Å². The molecule has 8 nitrogen and oxygen atoms in total. The molecule has 5 rings (SSSR count). The van der Waals surface area contributed by atoms with Gasteiger partial charge in [-0.25, -0.2) is 14.4 Å². The molecular weight excluding hydrogens is 437 g/mol. The summed E-state index contributed by atoms with van der Waals surface area (Å²) in [6, 6.07) is 11.8. The van der Waals surface area contributed by atoms with Crippen LogP contribution in [0.3, 0.4) is 0 Å². The normalized spacial score (nSPS) is 17.1. The van der Waals surface area contributed by atoms with Crippen LogP contribution in [0.15, 0.2) is 48.7 Å². The molecule has 9 heteroatoms. The molecule has 0 saturated carbocycles. The summed E-state index contributed by atoms with van der Waals surface area (Å²) < 4.78 is 24.2. The maximum absolute atomic E-state index is 13.4. The summed E-state index contributed by atoms with van der Waals surface area (Å²) in [5.74, 6) is 1.44. The lowest BCUT2D eigenvalue weighted by Crippen LogP contribution is -2.32. The van der Waals surface area contributed by atoms with Crippen LogP contribution in [0, 0.1) is 5.82 Å². The fourth-order valence-corrected chi connectivity index (χ4v) is 4.28. The molecule has 2 aromatic carbocycles. The fourth-order valence-electron chi connectivity index (χ4n) is 4.28. The molecule has 0 bridgehead atoms. The van der Waals surface area contributed by atoms with E-state index in [2.05, 4.69) is 32.5 Å². The number of rotatable bonds is 7. The number of carbonyl (C=O) groups excluding carboxylic acids is 1. The van der Waals surface area contributed by atoms with Gasteiger partial charge in [-0.3, -0.25) is 4.79 Å². The number of ether oxygens (including phenoxy) is 2. The molecule has 1 atom stereocenters. The Morgan fingerprint density at radius 1 is 1.18 bits per heavy atom. The summed E-state index contributed by atoms with van der Waals surface area (Å²) in [6.07, 6.45) is 4.74. The van der Waals surface area contributed by atoms with Crippen LogP contribution in [-0.4, -0.2) is 53.7 Å². The van der Waals surface area contributed by atoms with Crippen molar-refractivity contribution in [2.45, 2.75) is 25.3 Å². The van der Waals surface area contributed by atoms with E-state index < -0.39 is 0 Å². The Balaban J connectivity index is 1.39. The van der Waals surface area contributed by atoms with Gasteiger partial charge < -0.3 is 25.0 Å². The summed E-state index contributed by atoms with van der Waals surface area (Å²) in [5, 5.41) is 6.13. The third-order valence-corrected chi connectivity index (χ3v) is 6.21. The van der Waals surface area contributed by atoms with Crippen molar-refractivity contribution in [1.29, 1.82) is 0 Å². The first-order valence-corrected chi connectivity index (χ1v) is 11.3. The first kappa shape index (κ1) is 22.1. The fraction of sp³-hybridized carbons (Fsp3) is 0.320. The van der Waals surface area contributed by atoms with Gasteiger partial charge in [0.25, 0.3) is 5.91 Å². The van der Waals surface area contributed by atoms with Gasteiger partial charge >= 0.3 is 0 Å². The van der Waals surface area contributed by atoms with Crippen molar-refractivity contribution in [3.8, 4) is 22.9 Å². The molecule has 0 radical (unpaired) electrons. The molecule has 0 spiro atoms.